The van der Waals surface area contributed by atoms with E-state index in [0.29, 0.717) is 0 Å². The summed E-state index contributed by atoms with van der Waals surface area (Å²) in [4.78, 5) is 0. The van der Waals surface area contributed by atoms with Crippen LogP contribution in [0.15, 0.2) is 0 Å². The number of hydrogen-bond donors (Lipinski definition) is 1. The lowest BCUT2D eigenvalue weighted by atomic mass is 9.92. The van der Waals surface area contributed by atoms with Gasteiger partial charge in [0.1, 0.15) is 0 Å². The molecule has 0 bridgehead atoms. The zero-order valence-electron chi connectivity index (χ0n) is 10.1. The summed E-state index contributed by atoms with van der Waals surface area (Å²) in [6.45, 7) is 9.24. The summed E-state index contributed by atoms with van der Waals surface area (Å²) in [5.74, 6) is 1.69. The Balaban J connectivity index is 3.69. The van der Waals surface area contributed by atoms with Crippen LogP contribution in [0.4, 0.5) is 0 Å². The maximum absolute atomic E-state index is 3.42. The second kappa shape index (κ2) is 7.37. The van der Waals surface area contributed by atoms with Crippen molar-refractivity contribution in [3.8, 4) is 0 Å². The van der Waals surface area contributed by atoms with E-state index in [0.717, 1.165) is 17.9 Å². The molecule has 0 aromatic carbocycles. The predicted octanol–water partition coefficient (Wildman–Crippen LogP) is 3.45. The molecule has 1 nitrogen and oxygen atoms in total. The standard InChI is InChI=1S/C12H27N/c1-6-7-11(4)9-12(13-5)8-10(2)3/h10-13H,6-9H2,1-5H3. The first-order chi connectivity index (χ1) is 6.10. The topological polar surface area (TPSA) is 12.0 Å². The Labute approximate surface area is 84.3 Å². The molecule has 0 amide bonds. The minimum atomic E-state index is 0.724. The van der Waals surface area contributed by atoms with Crippen LogP contribution < -0.4 is 5.32 Å². The molecule has 1 heteroatoms. The van der Waals surface area contributed by atoms with Crippen molar-refractivity contribution in [3.63, 3.8) is 0 Å². The van der Waals surface area contributed by atoms with Crippen molar-refractivity contribution in [1.29, 1.82) is 0 Å². The first-order valence-electron chi connectivity index (χ1n) is 5.77. The number of rotatable bonds is 7. The first-order valence-corrected chi connectivity index (χ1v) is 5.77. The van der Waals surface area contributed by atoms with E-state index in [9.17, 15) is 0 Å². The number of hydrogen-bond acceptors (Lipinski definition) is 1. The summed E-state index contributed by atoms with van der Waals surface area (Å²) >= 11 is 0. The zero-order valence-corrected chi connectivity index (χ0v) is 10.1. The highest BCUT2D eigenvalue weighted by Gasteiger charge is 2.11. The van der Waals surface area contributed by atoms with Gasteiger partial charge in [0, 0.05) is 6.04 Å². The SMILES string of the molecule is CCCC(C)CC(CC(C)C)NC. The van der Waals surface area contributed by atoms with E-state index in [2.05, 4.69) is 40.1 Å². The Morgan fingerprint density at radius 2 is 1.69 bits per heavy atom. The first kappa shape index (κ1) is 13.0. The third-order valence-electron chi connectivity index (χ3n) is 2.63. The van der Waals surface area contributed by atoms with Crippen LogP contribution in [0.25, 0.3) is 0 Å². The van der Waals surface area contributed by atoms with Crippen molar-refractivity contribution in [2.75, 3.05) is 7.05 Å². The molecule has 0 aliphatic heterocycles. The minimum absolute atomic E-state index is 0.724. The number of nitrogens with one attached hydrogen (secondary N) is 1. The van der Waals surface area contributed by atoms with E-state index in [-0.39, 0.29) is 0 Å². The van der Waals surface area contributed by atoms with Gasteiger partial charge < -0.3 is 5.32 Å². The highest BCUT2D eigenvalue weighted by molar-refractivity contribution is 4.69. The quantitative estimate of drug-likeness (QED) is 0.640. The van der Waals surface area contributed by atoms with Gasteiger partial charge in [0.15, 0.2) is 0 Å². The van der Waals surface area contributed by atoms with Crippen molar-refractivity contribution in [1.82, 2.24) is 5.32 Å². The maximum Gasteiger partial charge on any atom is 0.00690 e. The van der Waals surface area contributed by atoms with Gasteiger partial charge in [0.05, 0.1) is 0 Å². The molecule has 0 spiro atoms. The van der Waals surface area contributed by atoms with E-state index >= 15 is 0 Å². The van der Waals surface area contributed by atoms with Crippen LogP contribution in [0.1, 0.15) is 53.4 Å². The van der Waals surface area contributed by atoms with Crippen LogP contribution >= 0.6 is 0 Å². The average Bonchev–Trinajstić information content (AvgIpc) is 2.02. The van der Waals surface area contributed by atoms with Crippen LogP contribution in [-0.2, 0) is 0 Å². The third kappa shape index (κ3) is 7.06. The van der Waals surface area contributed by atoms with Crippen molar-refractivity contribution < 1.29 is 0 Å². The van der Waals surface area contributed by atoms with E-state index in [4.69, 9.17) is 0 Å². The fourth-order valence-corrected chi connectivity index (χ4v) is 2.00. The average molecular weight is 185 g/mol. The largest absolute Gasteiger partial charge is 0.317 e. The molecule has 0 radical (unpaired) electrons. The summed E-state index contributed by atoms with van der Waals surface area (Å²) in [6.07, 6.45) is 5.34. The molecule has 80 valence electrons. The molecule has 0 saturated carbocycles. The van der Waals surface area contributed by atoms with Gasteiger partial charge in [0.25, 0.3) is 0 Å². The van der Waals surface area contributed by atoms with Gasteiger partial charge in [-0.25, -0.2) is 0 Å². The van der Waals surface area contributed by atoms with Crippen molar-refractivity contribution in [3.05, 3.63) is 0 Å². The molecule has 0 rings (SSSR count). The molecule has 1 N–H and O–H groups in total. The smallest absolute Gasteiger partial charge is 0.00690 e. The Hall–Kier alpha value is -0.0400. The van der Waals surface area contributed by atoms with Crippen molar-refractivity contribution in [2.45, 2.75) is 59.4 Å². The van der Waals surface area contributed by atoms with Crippen LogP contribution in [0.3, 0.4) is 0 Å². The van der Waals surface area contributed by atoms with E-state index in [1.54, 1.807) is 0 Å². The second-order valence-electron chi connectivity index (χ2n) is 4.74. The minimum Gasteiger partial charge on any atom is -0.317 e. The Morgan fingerprint density at radius 1 is 1.08 bits per heavy atom. The molecule has 0 fully saturated rings. The van der Waals surface area contributed by atoms with Gasteiger partial charge in [0.2, 0.25) is 0 Å². The normalized spacial score (nSPS) is 16.2. The van der Waals surface area contributed by atoms with Gasteiger partial charge in [-0.15, -0.1) is 0 Å². The summed E-state index contributed by atoms with van der Waals surface area (Å²) < 4.78 is 0. The monoisotopic (exact) mass is 185 g/mol. The second-order valence-corrected chi connectivity index (χ2v) is 4.74. The summed E-state index contributed by atoms with van der Waals surface area (Å²) in [5.41, 5.74) is 0. The Morgan fingerprint density at radius 3 is 2.08 bits per heavy atom. The van der Waals surface area contributed by atoms with Crippen LogP contribution in [-0.4, -0.2) is 13.1 Å². The fourth-order valence-electron chi connectivity index (χ4n) is 2.00. The van der Waals surface area contributed by atoms with Crippen LogP contribution in [0, 0.1) is 11.8 Å². The molecule has 0 aromatic heterocycles. The highest BCUT2D eigenvalue weighted by Crippen LogP contribution is 2.16. The Bertz CT molecular complexity index is 110. The summed E-state index contributed by atoms with van der Waals surface area (Å²) in [7, 11) is 2.09. The predicted molar refractivity (Wildman–Crippen MR) is 61.0 cm³/mol. The molecule has 2 unspecified atom stereocenters. The molecule has 0 saturated heterocycles. The molecule has 0 heterocycles. The summed E-state index contributed by atoms with van der Waals surface area (Å²) in [6, 6.07) is 0.724. The van der Waals surface area contributed by atoms with Crippen LogP contribution in [0.2, 0.25) is 0 Å². The molecule has 0 aliphatic carbocycles. The lowest BCUT2D eigenvalue weighted by molar-refractivity contribution is 0.353. The highest BCUT2D eigenvalue weighted by atomic mass is 14.9. The van der Waals surface area contributed by atoms with Gasteiger partial charge in [-0.3, -0.25) is 0 Å². The van der Waals surface area contributed by atoms with Gasteiger partial charge in [-0.05, 0) is 31.7 Å². The molecule has 0 aliphatic rings. The molecule has 2 atom stereocenters. The lowest BCUT2D eigenvalue weighted by Crippen LogP contribution is -2.28. The van der Waals surface area contributed by atoms with E-state index in [1.165, 1.54) is 25.7 Å². The molecular weight excluding hydrogens is 158 g/mol. The summed E-state index contributed by atoms with van der Waals surface area (Å²) in [5, 5.41) is 3.42. The van der Waals surface area contributed by atoms with Gasteiger partial charge >= 0.3 is 0 Å². The van der Waals surface area contributed by atoms with Crippen molar-refractivity contribution >= 4 is 0 Å². The van der Waals surface area contributed by atoms with E-state index < -0.39 is 0 Å². The van der Waals surface area contributed by atoms with Gasteiger partial charge in [-0.1, -0.05) is 40.5 Å². The fraction of sp³-hybridized carbons (Fsp3) is 1.00. The van der Waals surface area contributed by atoms with Gasteiger partial charge in [-0.2, -0.15) is 0 Å². The molecular formula is C12H27N. The van der Waals surface area contributed by atoms with Crippen molar-refractivity contribution in [2.24, 2.45) is 11.8 Å². The zero-order chi connectivity index (χ0) is 10.3. The molecule has 13 heavy (non-hydrogen) atoms. The molecule has 0 aromatic rings. The maximum atomic E-state index is 3.42. The third-order valence-corrected chi connectivity index (χ3v) is 2.63. The van der Waals surface area contributed by atoms with E-state index in [1.807, 2.05) is 0 Å². The lowest BCUT2D eigenvalue weighted by Gasteiger charge is -2.21. The Kier molecular flexibility index (Phi) is 7.35. The van der Waals surface area contributed by atoms with Crippen LogP contribution in [0.5, 0.6) is 0 Å².